The van der Waals surface area contributed by atoms with Crippen molar-refractivity contribution >= 4 is 11.7 Å². The van der Waals surface area contributed by atoms with Gasteiger partial charge in [0.1, 0.15) is 0 Å². The van der Waals surface area contributed by atoms with Crippen LogP contribution < -0.4 is 5.32 Å². The number of nitrogens with one attached hydrogen (secondary N) is 1. The molecule has 0 saturated heterocycles. The highest BCUT2D eigenvalue weighted by molar-refractivity contribution is 5.87. The summed E-state index contributed by atoms with van der Waals surface area (Å²) in [6.07, 6.45) is 1.50. The topological polar surface area (TPSA) is 51.5 Å². The van der Waals surface area contributed by atoms with E-state index in [4.69, 9.17) is 4.42 Å². The average molecular weight is 273 g/mol. The molecule has 1 N–H and O–H groups in total. The van der Waals surface area contributed by atoms with E-state index in [2.05, 4.69) is 30.0 Å². The van der Waals surface area contributed by atoms with Crippen molar-refractivity contribution in [3.8, 4) is 0 Å². The molecular weight excluding hydrogens is 254 g/mol. The van der Waals surface area contributed by atoms with Crippen LogP contribution in [-0.4, -0.2) is 13.1 Å². The summed E-state index contributed by atoms with van der Waals surface area (Å²) in [6, 6.07) is 9.93. The van der Waals surface area contributed by atoms with Gasteiger partial charge in [-0.25, -0.2) is 4.79 Å². The molecule has 1 aromatic carbocycles. The molecule has 1 heterocycles. The van der Waals surface area contributed by atoms with Crippen molar-refractivity contribution in [2.75, 3.05) is 12.4 Å². The SMILES string of the molecule is COC(=O)c1occc1CNc1ccccc1C(C)C. The third-order valence-electron chi connectivity index (χ3n) is 3.17. The Kier molecular flexibility index (Phi) is 4.45. The monoisotopic (exact) mass is 273 g/mol. The summed E-state index contributed by atoms with van der Waals surface area (Å²) < 4.78 is 9.86. The lowest BCUT2D eigenvalue weighted by Crippen LogP contribution is -2.08. The van der Waals surface area contributed by atoms with E-state index in [9.17, 15) is 4.79 Å². The Balaban J connectivity index is 2.14. The van der Waals surface area contributed by atoms with E-state index in [0.29, 0.717) is 12.5 Å². The number of carbonyl (C=O) groups is 1. The predicted octanol–water partition coefficient (Wildman–Crippen LogP) is 3.80. The van der Waals surface area contributed by atoms with Gasteiger partial charge in [0.05, 0.1) is 13.4 Å². The number of furan rings is 1. The molecule has 20 heavy (non-hydrogen) atoms. The number of carbonyl (C=O) groups excluding carboxylic acids is 1. The third kappa shape index (κ3) is 3.02. The minimum absolute atomic E-state index is 0.252. The second-order valence-electron chi connectivity index (χ2n) is 4.86. The standard InChI is InChI=1S/C16H19NO3/c1-11(2)13-6-4-5-7-14(13)17-10-12-8-9-20-15(12)16(18)19-3/h4-9,11,17H,10H2,1-3H3. The first kappa shape index (κ1) is 14.2. The molecule has 4 heteroatoms. The van der Waals surface area contributed by atoms with Gasteiger partial charge in [0.15, 0.2) is 0 Å². The molecule has 0 aliphatic heterocycles. The van der Waals surface area contributed by atoms with E-state index in [1.54, 1.807) is 6.07 Å². The second kappa shape index (κ2) is 6.28. The highest BCUT2D eigenvalue weighted by Crippen LogP contribution is 2.24. The molecule has 0 saturated carbocycles. The summed E-state index contributed by atoms with van der Waals surface area (Å²) in [5.74, 6) is 0.231. The molecule has 0 unspecified atom stereocenters. The van der Waals surface area contributed by atoms with Crippen LogP contribution in [0.4, 0.5) is 5.69 Å². The minimum atomic E-state index is -0.455. The lowest BCUT2D eigenvalue weighted by Gasteiger charge is -2.14. The first-order chi connectivity index (χ1) is 9.63. The van der Waals surface area contributed by atoms with Crippen LogP contribution in [0.15, 0.2) is 41.0 Å². The van der Waals surface area contributed by atoms with Gasteiger partial charge in [-0.3, -0.25) is 0 Å². The second-order valence-corrected chi connectivity index (χ2v) is 4.86. The molecule has 0 atom stereocenters. The van der Waals surface area contributed by atoms with E-state index < -0.39 is 5.97 Å². The van der Waals surface area contributed by atoms with Crippen molar-refractivity contribution in [2.45, 2.75) is 26.3 Å². The number of hydrogen-bond donors (Lipinski definition) is 1. The van der Waals surface area contributed by atoms with Gasteiger partial charge in [-0.05, 0) is 23.6 Å². The molecule has 2 aromatic rings. The summed E-state index contributed by atoms with van der Waals surface area (Å²) in [4.78, 5) is 11.5. The molecule has 0 spiro atoms. The molecule has 0 radical (unpaired) electrons. The normalized spacial score (nSPS) is 10.6. The molecular formula is C16H19NO3. The van der Waals surface area contributed by atoms with Gasteiger partial charge >= 0.3 is 5.97 Å². The Morgan fingerprint density at radius 2 is 2.05 bits per heavy atom. The van der Waals surface area contributed by atoms with E-state index in [-0.39, 0.29) is 5.76 Å². The van der Waals surface area contributed by atoms with Crippen molar-refractivity contribution in [1.29, 1.82) is 0 Å². The Bertz CT molecular complexity index is 587. The van der Waals surface area contributed by atoms with E-state index >= 15 is 0 Å². The van der Waals surface area contributed by atoms with Crippen molar-refractivity contribution in [3.63, 3.8) is 0 Å². The van der Waals surface area contributed by atoms with Gasteiger partial charge < -0.3 is 14.5 Å². The van der Waals surface area contributed by atoms with Crippen LogP contribution in [-0.2, 0) is 11.3 Å². The first-order valence-electron chi connectivity index (χ1n) is 6.61. The number of benzene rings is 1. The summed E-state index contributed by atoms with van der Waals surface area (Å²) in [6.45, 7) is 4.82. The van der Waals surface area contributed by atoms with Crippen LogP contribution in [0.2, 0.25) is 0 Å². The summed E-state index contributed by atoms with van der Waals surface area (Å²) >= 11 is 0. The molecule has 0 bridgehead atoms. The highest BCUT2D eigenvalue weighted by Gasteiger charge is 2.15. The van der Waals surface area contributed by atoms with Crippen molar-refractivity contribution < 1.29 is 13.9 Å². The maximum Gasteiger partial charge on any atom is 0.374 e. The number of ether oxygens (including phenoxy) is 1. The summed E-state index contributed by atoms with van der Waals surface area (Å²) in [5, 5.41) is 3.35. The van der Waals surface area contributed by atoms with Crippen LogP contribution in [0.5, 0.6) is 0 Å². The maximum absolute atomic E-state index is 11.5. The van der Waals surface area contributed by atoms with Crippen molar-refractivity contribution in [2.24, 2.45) is 0 Å². The molecule has 1 aromatic heterocycles. The maximum atomic E-state index is 11.5. The first-order valence-corrected chi connectivity index (χ1v) is 6.61. The van der Waals surface area contributed by atoms with Crippen LogP contribution in [0.1, 0.15) is 41.4 Å². The minimum Gasteiger partial charge on any atom is -0.463 e. The van der Waals surface area contributed by atoms with Gasteiger partial charge in [-0.1, -0.05) is 32.0 Å². The largest absolute Gasteiger partial charge is 0.463 e. The van der Waals surface area contributed by atoms with Gasteiger partial charge in [0.25, 0.3) is 0 Å². The predicted molar refractivity (Wildman–Crippen MR) is 77.9 cm³/mol. The molecule has 106 valence electrons. The number of hydrogen-bond acceptors (Lipinski definition) is 4. The molecule has 0 fully saturated rings. The lowest BCUT2D eigenvalue weighted by molar-refractivity contribution is 0.0563. The highest BCUT2D eigenvalue weighted by atomic mass is 16.5. The Labute approximate surface area is 118 Å². The fourth-order valence-electron chi connectivity index (χ4n) is 2.10. The van der Waals surface area contributed by atoms with Crippen LogP contribution in [0, 0.1) is 0 Å². The Morgan fingerprint density at radius 1 is 1.30 bits per heavy atom. The zero-order chi connectivity index (χ0) is 14.5. The Hall–Kier alpha value is -2.23. The van der Waals surface area contributed by atoms with Gasteiger partial charge in [0.2, 0.25) is 5.76 Å². The fraction of sp³-hybridized carbons (Fsp3) is 0.312. The number of para-hydroxylation sites is 1. The van der Waals surface area contributed by atoms with Crippen molar-refractivity contribution in [3.05, 3.63) is 53.5 Å². The molecule has 0 amide bonds. The molecule has 0 aliphatic carbocycles. The van der Waals surface area contributed by atoms with Crippen LogP contribution >= 0.6 is 0 Å². The third-order valence-corrected chi connectivity index (χ3v) is 3.17. The zero-order valence-electron chi connectivity index (χ0n) is 12.0. The number of esters is 1. The Morgan fingerprint density at radius 3 is 2.75 bits per heavy atom. The summed E-state index contributed by atoms with van der Waals surface area (Å²) in [7, 11) is 1.34. The fourth-order valence-corrected chi connectivity index (χ4v) is 2.10. The number of methoxy groups -OCH3 is 1. The van der Waals surface area contributed by atoms with E-state index in [0.717, 1.165) is 11.3 Å². The van der Waals surface area contributed by atoms with Gasteiger partial charge in [-0.15, -0.1) is 0 Å². The van der Waals surface area contributed by atoms with E-state index in [1.807, 2.05) is 18.2 Å². The quantitative estimate of drug-likeness (QED) is 0.842. The smallest absolute Gasteiger partial charge is 0.374 e. The average Bonchev–Trinajstić information content (AvgIpc) is 2.92. The zero-order valence-corrected chi connectivity index (χ0v) is 12.0. The lowest BCUT2D eigenvalue weighted by atomic mass is 10.0. The number of anilines is 1. The van der Waals surface area contributed by atoms with Crippen LogP contribution in [0.25, 0.3) is 0 Å². The molecule has 4 nitrogen and oxygen atoms in total. The van der Waals surface area contributed by atoms with Crippen molar-refractivity contribution in [1.82, 2.24) is 0 Å². The van der Waals surface area contributed by atoms with Crippen LogP contribution in [0.3, 0.4) is 0 Å². The van der Waals surface area contributed by atoms with E-state index in [1.165, 1.54) is 18.9 Å². The molecule has 2 rings (SSSR count). The number of rotatable bonds is 5. The molecule has 0 aliphatic rings. The summed E-state index contributed by atoms with van der Waals surface area (Å²) in [5.41, 5.74) is 3.10. The van der Waals surface area contributed by atoms with Gasteiger partial charge in [0, 0.05) is 17.8 Å². The van der Waals surface area contributed by atoms with Gasteiger partial charge in [-0.2, -0.15) is 0 Å².